The molecule has 0 saturated heterocycles. The molecule has 6 aromatic rings. The Morgan fingerprint density at radius 1 is 0.595 bits per heavy atom. The first kappa shape index (κ1) is 29.1. The number of nitrogens with zero attached hydrogens (tertiary/aromatic N) is 2. The highest BCUT2D eigenvalue weighted by molar-refractivity contribution is 6.95. The van der Waals surface area contributed by atoms with Crippen LogP contribution < -0.4 is 16.4 Å². The predicted octanol–water partition coefficient (Wildman–Crippen LogP) is 6.08. The van der Waals surface area contributed by atoms with Crippen LogP contribution in [0.3, 0.4) is 0 Å². The summed E-state index contributed by atoms with van der Waals surface area (Å²) in [6.45, 7) is 4.95. The van der Waals surface area contributed by atoms with Crippen LogP contribution in [0.4, 0.5) is 0 Å². The van der Waals surface area contributed by atoms with Gasteiger partial charge in [0.1, 0.15) is 0 Å². The molecule has 1 aromatic heterocycles. The highest BCUT2D eigenvalue weighted by Crippen LogP contribution is 2.34. The number of imidazole rings is 1. The van der Waals surface area contributed by atoms with Crippen molar-refractivity contribution in [1.82, 2.24) is 9.55 Å². The van der Waals surface area contributed by atoms with E-state index in [0.29, 0.717) is 6.71 Å². The van der Waals surface area contributed by atoms with E-state index in [-0.39, 0.29) is 5.16 Å². The van der Waals surface area contributed by atoms with E-state index in [0.717, 1.165) is 5.92 Å². The Morgan fingerprint density at radius 2 is 0.976 bits per heavy atom. The molecule has 5 aromatic carbocycles. The SMILES string of the molecule is CC(C)C[SiH2]C(c1ccccc1)(c1ccccc1)n1ccnc1.c1ccc(B(c2ccccc2)c2ccccc2)cc1. The van der Waals surface area contributed by atoms with Gasteiger partial charge >= 0.3 is 0 Å². The van der Waals surface area contributed by atoms with Gasteiger partial charge in [0.05, 0.1) is 21.0 Å². The fraction of sp³-hybridized carbons (Fsp3) is 0.132. The summed E-state index contributed by atoms with van der Waals surface area (Å²) in [6.07, 6.45) is 5.99. The molecule has 0 N–H and O–H groups in total. The Balaban J connectivity index is 0.000000171. The van der Waals surface area contributed by atoms with Crippen molar-refractivity contribution in [3.05, 3.63) is 182 Å². The van der Waals surface area contributed by atoms with Crippen molar-refractivity contribution >= 4 is 32.6 Å². The maximum absolute atomic E-state index is 4.35. The second-order valence-electron chi connectivity index (χ2n) is 11.2. The van der Waals surface area contributed by atoms with E-state index >= 15 is 0 Å². The fourth-order valence-electron chi connectivity index (χ4n) is 5.81. The van der Waals surface area contributed by atoms with Crippen LogP contribution in [-0.2, 0) is 5.16 Å². The molecule has 0 bridgehead atoms. The lowest BCUT2D eigenvalue weighted by Gasteiger charge is -2.37. The summed E-state index contributed by atoms with van der Waals surface area (Å²) in [7, 11) is -0.472. The molecule has 0 amide bonds. The maximum Gasteiger partial charge on any atom is 0.241 e. The molecular formula is C38H39BN2Si. The molecule has 0 radical (unpaired) electrons. The molecule has 0 aliphatic heterocycles. The van der Waals surface area contributed by atoms with E-state index < -0.39 is 9.52 Å². The normalized spacial score (nSPS) is 11.3. The Bertz CT molecular complexity index is 1440. The molecule has 0 atom stereocenters. The van der Waals surface area contributed by atoms with E-state index in [4.69, 9.17) is 0 Å². The van der Waals surface area contributed by atoms with Crippen molar-refractivity contribution in [2.45, 2.75) is 25.1 Å². The second kappa shape index (κ2) is 14.5. The number of rotatable bonds is 9. The van der Waals surface area contributed by atoms with Gasteiger partial charge in [-0.25, -0.2) is 4.98 Å². The summed E-state index contributed by atoms with van der Waals surface area (Å²) >= 11 is 0. The Kier molecular flexibility index (Phi) is 10.0. The Morgan fingerprint density at radius 3 is 1.31 bits per heavy atom. The lowest BCUT2D eigenvalue weighted by atomic mass is 9.37. The van der Waals surface area contributed by atoms with Crippen LogP contribution in [0.2, 0.25) is 6.04 Å². The van der Waals surface area contributed by atoms with Gasteiger partial charge in [0.15, 0.2) is 0 Å². The lowest BCUT2D eigenvalue weighted by Crippen LogP contribution is -2.51. The first-order chi connectivity index (χ1) is 20.7. The molecule has 208 valence electrons. The lowest BCUT2D eigenvalue weighted by molar-refractivity contribution is 0.581. The van der Waals surface area contributed by atoms with Crippen LogP contribution in [0.25, 0.3) is 0 Å². The van der Waals surface area contributed by atoms with Crippen molar-refractivity contribution in [1.29, 1.82) is 0 Å². The third-order valence-electron chi connectivity index (χ3n) is 7.93. The summed E-state index contributed by atoms with van der Waals surface area (Å²) in [6, 6.07) is 55.2. The monoisotopic (exact) mass is 562 g/mol. The van der Waals surface area contributed by atoms with Gasteiger partial charge < -0.3 is 4.57 Å². The average molecular weight is 563 g/mol. The Labute approximate surface area is 254 Å². The van der Waals surface area contributed by atoms with E-state index in [1.807, 2.05) is 12.5 Å². The van der Waals surface area contributed by atoms with Crippen molar-refractivity contribution in [2.75, 3.05) is 0 Å². The number of hydrogen-bond donors (Lipinski definition) is 0. The minimum absolute atomic E-state index is 0.0662. The van der Waals surface area contributed by atoms with Crippen molar-refractivity contribution in [3.8, 4) is 0 Å². The van der Waals surface area contributed by atoms with Gasteiger partial charge in [-0.2, -0.15) is 0 Å². The van der Waals surface area contributed by atoms with Gasteiger partial charge in [0, 0.05) is 12.4 Å². The van der Waals surface area contributed by atoms with E-state index in [1.54, 1.807) is 0 Å². The highest BCUT2D eigenvalue weighted by Gasteiger charge is 2.35. The highest BCUT2D eigenvalue weighted by atomic mass is 28.2. The summed E-state index contributed by atoms with van der Waals surface area (Å²) < 4.78 is 2.33. The van der Waals surface area contributed by atoms with Gasteiger partial charge in [-0.1, -0.05) is 188 Å². The first-order valence-electron chi connectivity index (χ1n) is 14.9. The average Bonchev–Trinajstić information content (AvgIpc) is 3.60. The van der Waals surface area contributed by atoms with Gasteiger partial charge in [0.2, 0.25) is 6.71 Å². The first-order valence-corrected chi connectivity index (χ1v) is 16.6. The largest absolute Gasteiger partial charge is 0.327 e. The smallest absolute Gasteiger partial charge is 0.241 e. The topological polar surface area (TPSA) is 17.8 Å². The molecule has 0 unspecified atom stereocenters. The summed E-state index contributed by atoms with van der Waals surface area (Å²) in [5.74, 6) is 0.719. The molecule has 4 heteroatoms. The van der Waals surface area contributed by atoms with Gasteiger partial charge in [-0.15, -0.1) is 0 Å². The molecule has 0 saturated carbocycles. The van der Waals surface area contributed by atoms with E-state index in [1.165, 1.54) is 33.6 Å². The number of hydrogen-bond acceptors (Lipinski definition) is 1. The van der Waals surface area contributed by atoms with Crippen LogP contribution in [0, 0.1) is 5.92 Å². The van der Waals surface area contributed by atoms with Crippen LogP contribution in [0.15, 0.2) is 170 Å². The second-order valence-corrected chi connectivity index (χ2v) is 13.3. The van der Waals surface area contributed by atoms with E-state index in [2.05, 4.69) is 181 Å². The van der Waals surface area contributed by atoms with Crippen molar-refractivity contribution in [2.24, 2.45) is 5.92 Å². The van der Waals surface area contributed by atoms with Crippen LogP contribution in [0.5, 0.6) is 0 Å². The predicted molar refractivity (Wildman–Crippen MR) is 183 cm³/mol. The Hall–Kier alpha value is -4.41. The number of aromatic nitrogens is 2. The van der Waals surface area contributed by atoms with Gasteiger partial charge in [0.25, 0.3) is 0 Å². The van der Waals surface area contributed by atoms with Gasteiger partial charge in [-0.3, -0.25) is 0 Å². The maximum atomic E-state index is 4.35. The standard InChI is InChI=1S/C20H24N2Si.C18H15B/c1-17(2)15-23-20(22-14-13-21-16-22,18-9-5-3-6-10-18)19-11-7-4-8-12-19;1-4-10-16(11-5-1)19(17-12-6-2-7-13-17)18-14-8-3-9-15-18/h3-14,16-17H,15,23H2,1-2H3;1-15H. The molecule has 42 heavy (non-hydrogen) atoms. The zero-order valence-corrected chi connectivity index (χ0v) is 26.0. The molecule has 0 fully saturated rings. The zero-order valence-electron chi connectivity index (χ0n) is 24.6. The third-order valence-corrected chi connectivity index (χ3v) is 11.3. The van der Waals surface area contributed by atoms with Crippen molar-refractivity contribution in [3.63, 3.8) is 0 Å². The third kappa shape index (κ3) is 6.90. The van der Waals surface area contributed by atoms with Crippen molar-refractivity contribution < 1.29 is 0 Å². The minimum atomic E-state index is -0.472. The summed E-state index contributed by atoms with van der Waals surface area (Å²) in [5.41, 5.74) is 6.74. The molecule has 0 spiro atoms. The molecule has 0 aliphatic carbocycles. The quantitative estimate of drug-likeness (QED) is 0.196. The summed E-state index contributed by atoms with van der Waals surface area (Å²) in [4.78, 5) is 4.35. The summed E-state index contributed by atoms with van der Waals surface area (Å²) in [5, 5.41) is -0.0662. The molecule has 1 heterocycles. The minimum Gasteiger partial charge on any atom is -0.327 e. The zero-order chi connectivity index (χ0) is 29.0. The molecule has 6 rings (SSSR count). The van der Waals surface area contributed by atoms with E-state index in [9.17, 15) is 0 Å². The van der Waals surface area contributed by atoms with Crippen LogP contribution >= 0.6 is 0 Å². The molecule has 2 nitrogen and oxygen atoms in total. The van der Waals surface area contributed by atoms with Gasteiger partial charge in [-0.05, 0) is 17.0 Å². The molecule has 0 aliphatic rings. The van der Waals surface area contributed by atoms with Crippen LogP contribution in [-0.4, -0.2) is 25.8 Å². The van der Waals surface area contributed by atoms with Crippen LogP contribution in [0.1, 0.15) is 25.0 Å². The number of benzene rings is 5. The molecular weight excluding hydrogens is 523 g/mol. The fourth-order valence-corrected chi connectivity index (χ4v) is 8.30.